The maximum absolute atomic E-state index is 11.9. The molecule has 1 aromatic heterocycles. The topological polar surface area (TPSA) is 110 Å². The van der Waals surface area contributed by atoms with Crippen LogP contribution in [0.4, 0.5) is 13.2 Å². The molecule has 2 fully saturated rings. The number of rotatable bonds is 6. The summed E-state index contributed by atoms with van der Waals surface area (Å²) in [5, 5.41) is 7.12. The number of benzene rings is 1. The summed E-state index contributed by atoms with van der Waals surface area (Å²) in [5.41, 5.74) is 1.27. The van der Waals surface area contributed by atoms with Crippen molar-refractivity contribution in [3.05, 3.63) is 52.1 Å². The summed E-state index contributed by atoms with van der Waals surface area (Å²) >= 11 is 3.50. The molecule has 2 aromatic rings. The molecule has 212 valence electrons. The minimum Gasteiger partial charge on any atom is -0.475 e. The number of alkyl halides is 3. The van der Waals surface area contributed by atoms with E-state index >= 15 is 0 Å². The Kier molecular flexibility index (Phi) is 10.4. The van der Waals surface area contributed by atoms with Gasteiger partial charge in [0.25, 0.3) is 0 Å². The Morgan fingerprint density at radius 2 is 1.79 bits per heavy atom. The zero-order chi connectivity index (χ0) is 28.1. The van der Waals surface area contributed by atoms with E-state index in [0.717, 1.165) is 48.2 Å². The fourth-order valence-electron chi connectivity index (χ4n) is 4.95. The molecule has 0 radical (unpaired) electrons. The molecule has 1 saturated heterocycles. The van der Waals surface area contributed by atoms with Crippen molar-refractivity contribution in [2.75, 3.05) is 25.2 Å². The first-order valence-electron chi connectivity index (χ1n) is 12.2. The van der Waals surface area contributed by atoms with Crippen LogP contribution in [0.3, 0.4) is 0 Å². The van der Waals surface area contributed by atoms with Gasteiger partial charge >= 0.3 is 12.1 Å². The van der Waals surface area contributed by atoms with Crippen molar-refractivity contribution in [2.45, 2.75) is 69.3 Å². The summed E-state index contributed by atoms with van der Waals surface area (Å²) in [6.07, 6.45) is 2.86. The second-order valence-electron chi connectivity index (χ2n) is 9.85. The third kappa shape index (κ3) is 9.35. The first-order chi connectivity index (χ1) is 17.7. The summed E-state index contributed by atoms with van der Waals surface area (Å²) in [6.45, 7) is 3.17. The second kappa shape index (κ2) is 12.9. The van der Waals surface area contributed by atoms with Crippen LogP contribution in [0, 0.1) is 6.92 Å². The SMILES string of the molecule is Cc1cnc(C2CCC(N3C[C@H](CS(C)(=O)=O)OC[C@@H]3Cc3ccc(Br)cc3)CC2)o1.O=C(O)C(F)(F)F. The van der Waals surface area contributed by atoms with Crippen LogP contribution in [0.2, 0.25) is 0 Å². The van der Waals surface area contributed by atoms with Gasteiger partial charge in [0.1, 0.15) is 15.6 Å². The third-order valence-electron chi connectivity index (χ3n) is 6.68. The molecule has 2 atom stereocenters. The van der Waals surface area contributed by atoms with Gasteiger partial charge in [-0.3, -0.25) is 4.90 Å². The van der Waals surface area contributed by atoms with E-state index in [4.69, 9.17) is 19.1 Å². The number of aromatic nitrogens is 1. The smallest absolute Gasteiger partial charge is 0.475 e. The van der Waals surface area contributed by atoms with Crippen molar-refractivity contribution >= 4 is 31.7 Å². The molecule has 0 spiro atoms. The van der Waals surface area contributed by atoms with Crippen molar-refractivity contribution < 1.29 is 40.6 Å². The van der Waals surface area contributed by atoms with E-state index in [-0.39, 0.29) is 17.9 Å². The number of hydrogen-bond donors (Lipinski definition) is 1. The Labute approximate surface area is 228 Å². The summed E-state index contributed by atoms with van der Waals surface area (Å²) in [7, 11) is -3.08. The molecule has 1 saturated carbocycles. The highest BCUT2D eigenvalue weighted by Crippen LogP contribution is 2.36. The van der Waals surface area contributed by atoms with Crippen LogP contribution in [0.5, 0.6) is 0 Å². The highest BCUT2D eigenvalue weighted by molar-refractivity contribution is 9.10. The molecule has 0 amide bonds. The van der Waals surface area contributed by atoms with Crippen LogP contribution in [-0.4, -0.2) is 78.9 Å². The molecule has 1 aromatic carbocycles. The van der Waals surface area contributed by atoms with Crippen molar-refractivity contribution in [2.24, 2.45) is 0 Å². The Morgan fingerprint density at radius 1 is 1.18 bits per heavy atom. The molecule has 13 heteroatoms. The van der Waals surface area contributed by atoms with Crippen LogP contribution < -0.4 is 0 Å². The number of sulfone groups is 1. The number of carboxylic acids is 1. The molecule has 2 heterocycles. The van der Waals surface area contributed by atoms with Gasteiger partial charge in [-0.1, -0.05) is 28.1 Å². The van der Waals surface area contributed by atoms with Gasteiger partial charge in [-0.05, 0) is 56.7 Å². The molecule has 0 unspecified atom stereocenters. The zero-order valence-electron chi connectivity index (χ0n) is 21.2. The number of carboxylic acid groups (broad SMARTS) is 1. The molecule has 0 bridgehead atoms. The summed E-state index contributed by atoms with van der Waals surface area (Å²) in [6, 6.07) is 9.11. The van der Waals surface area contributed by atoms with Crippen molar-refractivity contribution in [3.63, 3.8) is 0 Å². The molecule has 38 heavy (non-hydrogen) atoms. The number of hydrogen-bond acceptors (Lipinski definition) is 7. The lowest BCUT2D eigenvalue weighted by molar-refractivity contribution is -0.192. The van der Waals surface area contributed by atoms with Crippen LogP contribution in [0.25, 0.3) is 0 Å². The quantitative estimate of drug-likeness (QED) is 0.490. The predicted molar refractivity (Wildman–Crippen MR) is 138 cm³/mol. The van der Waals surface area contributed by atoms with Gasteiger partial charge in [-0.2, -0.15) is 13.2 Å². The van der Waals surface area contributed by atoms with E-state index in [1.807, 2.05) is 6.92 Å². The normalized spacial score (nSPS) is 24.9. The number of nitrogens with zero attached hydrogens (tertiary/aromatic N) is 2. The number of halogens is 4. The van der Waals surface area contributed by atoms with Gasteiger partial charge in [-0.15, -0.1) is 0 Å². The van der Waals surface area contributed by atoms with Gasteiger partial charge in [0.2, 0.25) is 0 Å². The fraction of sp³-hybridized carbons (Fsp3) is 0.600. The van der Waals surface area contributed by atoms with Crippen molar-refractivity contribution in [1.82, 2.24) is 9.88 Å². The van der Waals surface area contributed by atoms with Gasteiger partial charge in [0, 0.05) is 35.3 Å². The Bertz CT molecular complexity index is 1160. The van der Waals surface area contributed by atoms with E-state index in [1.54, 1.807) is 6.20 Å². The number of aryl methyl sites for hydroxylation is 1. The van der Waals surface area contributed by atoms with E-state index < -0.39 is 22.0 Å². The zero-order valence-corrected chi connectivity index (χ0v) is 23.6. The number of carbonyl (C=O) groups is 1. The number of aliphatic carboxylic acids is 1. The van der Waals surface area contributed by atoms with E-state index in [2.05, 4.69) is 50.1 Å². The van der Waals surface area contributed by atoms with Crippen LogP contribution in [0.1, 0.15) is 48.8 Å². The lowest BCUT2D eigenvalue weighted by atomic mass is 9.84. The van der Waals surface area contributed by atoms with Crippen LogP contribution in [-0.2, 0) is 25.8 Å². The van der Waals surface area contributed by atoms with Crippen molar-refractivity contribution in [3.8, 4) is 0 Å². The number of morpholine rings is 1. The molecule has 8 nitrogen and oxygen atoms in total. The molecule has 1 aliphatic carbocycles. The Balaban J connectivity index is 0.000000505. The average molecular weight is 626 g/mol. The predicted octanol–water partition coefficient (Wildman–Crippen LogP) is 4.76. The number of ether oxygens (including phenoxy) is 1. The minimum atomic E-state index is -5.08. The monoisotopic (exact) mass is 624 g/mol. The summed E-state index contributed by atoms with van der Waals surface area (Å²) in [5.74, 6) is -0.572. The lowest BCUT2D eigenvalue weighted by Crippen LogP contribution is -2.56. The maximum atomic E-state index is 11.9. The summed E-state index contributed by atoms with van der Waals surface area (Å²) < 4.78 is 68.3. The highest BCUT2D eigenvalue weighted by Gasteiger charge is 2.39. The van der Waals surface area contributed by atoms with E-state index in [1.165, 1.54) is 11.8 Å². The van der Waals surface area contributed by atoms with Gasteiger partial charge in [0.05, 0.1) is 24.7 Å². The minimum absolute atomic E-state index is 0.0828. The largest absolute Gasteiger partial charge is 0.490 e. The van der Waals surface area contributed by atoms with E-state index in [9.17, 15) is 21.6 Å². The van der Waals surface area contributed by atoms with E-state index in [0.29, 0.717) is 25.1 Å². The van der Waals surface area contributed by atoms with Crippen molar-refractivity contribution in [1.29, 1.82) is 0 Å². The molecule has 1 N–H and O–H groups in total. The third-order valence-corrected chi connectivity index (χ3v) is 8.18. The summed E-state index contributed by atoms with van der Waals surface area (Å²) in [4.78, 5) is 15.9. The average Bonchev–Trinajstić information content (AvgIpc) is 3.27. The standard InChI is InChI=1S/C23H31BrN2O4S.C2HF3O2/c1-16-12-25-23(30-16)18-5-9-20(10-6-18)26-13-22(15-31(2,27)28)29-14-21(26)11-17-3-7-19(24)8-4-17;3-2(4,5)1(6)7/h3-4,7-8,12,18,20-22H,5-6,9-11,13-15H2,1-2H3;(H,6,7)/t18?,20?,21-,22+;/m0./s1. The van der Waals surface area contributed by atoms with Crippen LogP contribution in [0.15, 0.2) is 39.4 Å². The van der Waals surface area contributed by atoms with Gasteiger partial charge in [0.15, 0.2) is 5.89 Å². The first kappa shape index (κ1) is 30.6. The first-order valence-corrected chi connectivity index (χ1v) is 15.1. The Hall–Kier alpha value is -1.96. The fourth-order valence-corrected chi connectivity index (χ4v) is 6.09. The lowest BCUT2D eigenvalue weighted by Gasteiger charge is -2.46. The molecule has 2 aliphatic rings. The molecule has 1 aliphatic heterocycles. The highest BCUT2D eigenvalue weighted by atomic mass is 79.9. The Morgan fingerprint density at radius 3 is 2.29 bits per heavy atom. The van der Waals surface area contributed by atoms with Crippen LogP contribution >= 0.6 is 15.9 Å². The number of oxazole rings is 1. The molecular formula is C25H32BrF3N2O6S. The van der Waals surface area contributed by atoms with Gasteiger partial charge in [-0.25, -0.2) is 18.2 Å². The second-order valence-corrected chi connectivity index (χ2v) is 12.9. The maximum Gasteiger partial charge on any atom is 0.490 e. The molecular weight excluding hydrogens is 593 g/mol. The van der Waals surface area contributed by atoms with Gasteiger partial charge < -0.3 is 14.3 Å². The molecule has 4 rings (SSSR count).